The maximum atomic E-state index is 6.16. The molecule has 3 aliphatic rings. The summed E-state index contributed by atoms with van der Waals surface area (Å²) >= 11 is 0. The van der Waals surface area contributed by atoms with Crippen molar-refractivity contribution in [2.24, 2.45) is 23.2 Å². The average molecular weight is 196 g/mol. The van der Waals surface area contributed by atoms with Crippen LogP contribution in [0.2, 0.25) is 0 Å². The van der Waals surface area contributed by atoms with Crippen LogP contribution in [0.25, 0.3) is 0 Å². The van der Waals surface area contributed by atoms with Crippen LogP contribution >= 0.6 is 0 Å². The summed E-state index contributed by atoms with van der Waals surface area (Å²) in [4.78, 5) is 0. The minimum atomic E-state index is 0.302. The van der Waals surface area contributed by atoms with Crippen molar-refractivity contribution < 1.29 is 9.47 Å². The van der Waals surface area contributed by atoms with E-state index >= 15 is 0 Å². The summed E-state index contributed by atoms with van der Waals surface area (Å²) in [5.74, 6) is 2.05. The van der Waals surface area contributed by atoms with Gasteiger partial charge in [0.05, 0.1) is 24.9 Å². The second kappa shape index (κ2) is 2.53. The molecule has 0 aliphatic carbocycles. The summed E-state index contributed by atoms with van der Waals surface area (Å²) < 4.78 is 12.0. The Bertz CT molecular complexity index is 265. The zero-order chi connectivity index (χ0) is 10.1. The van der Waals surface area contributed by atoms with Gasteiger partial charge in [0.25, 0.3) is 0 Å². The first-order valence-corrected chi connectivity index (χ1v) is 5.83. The van der Waals surface area contributed by atoms with Crippen LogP contribution in [0.15, 0.2) is 0 Å². The van der Waals surface area contributed by atoms with Crippen molar-refractivity contribution in [1.82, 2.24) is 0 Å². The first-order chi connectivity index (χ1) is 6.55. The second-order valence-corrected chi connectivity index (χ2v) is 5.79. The molecule has 2 nitrogen and oxygen atoms in total. The van der Waals surface area contributed by atoms with E-state index in [4.69, 9.17) is 9.47 Å². The molecule has 7 unspecified atom stereocenters. The summed E-state index contributed by atoms with van der Waals surface area (Å²) in [5.41, 5.74) is 0.302. The minimum absolute atomic E-state index is 0.302. The van der Waals surface area contributed by atoms with Gasteiger partial charge < -0.3 is 9.47 Å². The van der Waals surface area contributed by atoms with Gasteiger partial charge in [0.1, 0.15) is 0 Å². The normalized spacial score (nSPS) is 66.0. The van der Waals surface area contributed by atoms with Crippen LogP contribution in [-0.4, -0.2) is 24.9 Å². The lowest BCUT2D eigenvalue weighted by Gasteiger charge is -2.38. The molecule has 7 atom stereocenters. The quantitative estimate of drug-likeness (QED) is 0.590. The predicted molar refractivity (Wildman–Crippen MR) is 54.0 cm³/mol. The van der Waals surface area contributed by atoms with Crippen LogP contribution in [0, 0.1) is 23.2 Å². The molecule has 3 rings (SSSR count). The summed E-state index contributed by atoms with van der Waals surface area (Å²) in [6.07, 6.45) is 1.29. The largest absolute Gasteiger partial charge is 0.377 e. The highest BCUT2D eigenvalue weighted by Gasteiger charge is 2.66. The number of hydrogen-bond donors (Lipinski definition) is 0. The lowest BCUT2D eigenvalue weighted by molar-refractivity contribution is -0.00218. The fourth-order valence-corrected chi connectivity index (χ4v) is 4.12. The van der Waals surface area contributed by atoms with Gasteiger partial charge in [-0.25, -0.2) is 0 Å². The third kappa shape index (κ3) is 0.809. The van der Waals surface area contributed by atoms with Crippen LogP contribution < -0.4 is 0 Å². The lowest BCUT2D eigenvalue weighted by atomic mass is 9.61. The molecule has 14 heavy (non-hydrogen) atoms. The Labute approximate surface area is 86.0 Å². The summed E-state index contributed by atoms with van der Waals surface area (Å²) in [6.45, 7) is 10.1. The third-order valence-corrected chi connectivity index (χ3v) is 5.06. The average Bonchev–Trinajstić information content (AvgIpc) is 2.68. The molecule has 0 saturated carbocycles. The Morgan fingerprint density at radius 2 is 1.86 bits per heavy atom. The molecule has 2 bridgehead atoms. The number of ether oxygens (including phenoxy) is 2. The van der Waals surface area contributed by atoms with Gasteiger partial charge in [-0.15, -0.1) is 0 Å². The summed E-state index contributed by atoms with van der Waals surface area (Å²) in [7, 11) is 0. The van der Waals surface area contributed by atoms with Crippen molar-refractivity contribution in [3.05, 3.63) is 0 Å². The van der Waals surface area contributed by atoms with E-state index in [1.165, 1.54) is 0 Å². The van der Waals surface area contributed by atoms with E-state index in [2.05, 4.69) is 27.7 Å². The summed E-state index contributed by atoms with van der Waals surface area (Å²) in [5, 5.41) is 0. The Hall–Kier alpha value is -0.0800. The van der Waals surface area contributed by atoms with Crippen molar-refractivity contribution in [2.45, 2.75) is 46.0 Å². The van der Waals surface area contributed by atoms with Crippen molar-refractivity contribution in [3.8, 4) is 0 Å². The molecular formula is C12H20O2. The summed E-state index contributed by atoms with van der Waals surface area (Å²) in [6, 6.07) is 0. The molecular weight excluding hydrogens is 176 g/mol. The molecule has 0 aromatic rings. The highest BCUT2D eigenvalue weighted by atomic mass is 16.5. The highest BCUT2D eigenvalue weighted by Crippen LogP contribution is 2.60. The second-order valence-electron chi connectivity index (χ2n) is 5.79. The smallest absolute Gasteiger partial charge is 0.0688 e. The SMILES string of the molecule is CC1OCC2(C)C3OC(C(C)C3C)C12. The lowest BCUT2D eigenvalue weighted by Crippen LogP contribution is -2.45. The number of hydrogen-bond acceptors (Lipinski definition) is 2. The zero-order valence-electron chi connectivity index (χ0n) is 9.49. The fourth-order valence-electron chi connectivity index (χ4n) is 4.12. The molecule has 3 saturated heterocycles. The minimum Gasteiger partial charge on any atom is -0.377 e. The van der Waals surface area contributed by atoms with Crippen molar-refractivity contribution >= 4 is 0 Å². The highest BCUT2D eigenvalue weighted by molar-refractivity contribution is 5.13. The fraction of sp³-hybridized carbons (Fsp3) is 1.00. The van der Waals surface area contributed by atoms with E-state index in [1.807, 2.05) is 0 Å². The first kappa shape index (κ1) is 9.17. The van der Waals surface area contributed by atoms with Gasteiger partial charge in [0.2, 0.25) is 0 Å². The maximum Gasteiger partial charge on any atom is 0.0688 e. The molecule has 0 amide bonds. The van der Waals surface area contributed by atoms with E-state index in [1.54, 1.807) is 0 Å². The van der Waals surface area contributed by atoms with Gasteiger partial charge in [-0.05, 0) is 18.8 Å². The van der Waals surface area contributed by atoms with Gasteiger partial charge in [0, 0.05) is 11.3 Å². The Kier molecular flexibility index (Phi) is 1.66. The molecule has 0 N–H and O–H groups in total. The van der Waals surface area contributed by atoms with Crippen LogP contribution in [0.5, 0.6) is 0 Å². The molecule has 0 aromatic heterocycles. The van der Waals surface area contributed by atoms with Crippen LogP contribution in [0.4, 0.5) is 0 Å². The van der Waals surface area contributed by atoms with Gasteiger partial charge in [-0.1, -0.05) is 20.8 Å². The van der Waals surface area contributed by atoms with Gasteiger partial charge in [0.15, 0.2) is 0 Å². The number of fused-ring (bicyclic) bond motifs is 5. The van der Waals surface area contributed by atoms with Crippen molar-refractivity contribution in [1.29, 1.82) is 0 Å². The molecule has 3 aliphatic heterocycles. The predicted octanol–water partition coefficient (Wildman–Crippen LogP) is 2.08. The monoisotopic (exact) mass is 196 g/mol. The Morgan fingerprint density at radius 3 is 2.57 bits per heavy atom. The van der Waals surface area contributed by atoms with E-state index in [9.17, 15) is 0 Å². The third-order valence-electron chi connectivity index (χ3n) is 5.06. The molecule has 2 heteroatoms. The topological polar surface area (TPSA) is 18.5 Å². The van der Waals surface area contributed by atoms with E-state index in [0.29, 0.717) is 41.5 Å². The molecule has 0 radical (unpaired) electrons. The van der Waals surface area contributed by atoms with Gasteiger partial charge >= 0.3 is 0 Å². The Morgan fingerprint density at radius 1 is 1.14 bits per heavy atom. The van der Waals surface area contributed by atoms with E-state index in [0.717, 1.165) is 6.61 Å². The van der Waals surface area contributed by atoms with Gasteiger partial charge in [-0.2, -0.15) is 0 Å². The van der Waals surface area contributed by atoms with Crippen LogP contribution in [0.3, 0.4) is 0 Å². The van der Waals surface area contributed by atoms with Crippen LogP contribution in [-0.2, 0) is 9.47 Å². The number of rotatable bonds is 0. The molecule has 0 aromatic carbocycles. The van der Waals surface area contributed by atoms with Crippen molar-refractivity contribution in [3.63, 3.8) is 0 Å². The Balaban J connectivity index is 2.00. The molecule has 3 heterocycles. The van der Waals surface area contributed by atoms with E-state index < -0.39 is 0 Å². The first-order valence-electron chi connectivity index (χ1n) is 5.83. The standard InChI is InChI=1S/C12H20O2/c1-6-7(2)11-12(4)5-13-8(3)9(12)10(6)14-11/h6-11H,5H2,1-4H3. The van der Waals surface area contributed by atoms with E-state index in [-0.39, 0.29) is 0 Å². The maximum absolute atomic E-state index is 6.16. The van der Waals surface area contributed by atoms with Crippen molar-refractivity contribution in [2.75, 3.05) is 6.61 Å². The van der Waals surface area contributed by atoms with Gasteiger partial charge in [-0.3, -0.25) is 0 Å². The molecule has 80 valence electrons. The molecule has 3 fully saturated rings. The molecule has 0 spiro atoms. The zero-order valence-corrected chi connectivity index (χ0v) is 9.49. The van der Waals surface area contributed by atoms with Crippen LogP contribution in [0.1, 0.15) is 27.7 Å².